The van der Waals surface area contributed by atoms with E-state index in [2.05, 4.69) is 22.2 Å². The van der Waals surface area contributed by atoms with Gasteiger partial charge in [0.25, 0.3) is 5.56 Å². The Kier molecular flexibility index (Phi) is 3.74. The van der Waals surface area contributed by atoms with E-state index in [0.717, 1.165) is 25.2 Å². The van der Waals surface area contributed by atoms with Crippen LogP contribution >= 0.6 is 0 Å². The van der Waals surface area contributed by atoms with E-state index in [4.69, 9.17) is 4.98 Å². The van der Waals surface area contributed by atoms with Crippen molar-refractivity contribution in [3.8, 4) is 0 Å². The lowest BCUT2D eigenvalue weighted by atomic mass is 10.2. The number of nitrogens with zero attached hydrogens (tertiary/aromatic N) is 4. The van der Waals surface area contributed by atoms with Crippen molar-refractivity contribution in [2.75, 3.05) is 25.5 Å². The van der Waals surface area contributed by atoms with Crippen molar-refractivity contribution in [3.05, 3.63) is 59.1 Å². The Morgan fingerprint density at radius 3 is 2.83 bits per heavy atom. The number of hydrogen-bond donors (Lipinski definition) is 1. The molecule has 1 saturated heterocycles. The standard InChI is InChI=1S/C18H19N5O/c1-22-10-8-14(12-22)23-17(24)15-6-2-3-7-16(15)21-18(23)20-13-5-4-9-19-11-13/h2-7,9,11,14H,8,10,12H2,1H3,(H,20,21)/t14-/m0/s1. The number of nitrogens with one attached hydrogen (secondary N) is 1. The van der Waals surface area contributed by atoms with Crippen LogP contribution in [0.15, 0.2) is 53.6 Å². The fourth-order valence-electron chi connectivity index (χ4n) is 3.26. The molecule has 1 aliphatic heterocycles. The molecule has 0 aliphatic carbocycles. The quantitative estimate of drug-likeness (QED) is 0.802. The van der Waals surface area contributed by atoms with Gasteiger partial charge in [-0.15, -0.1) is 0 Å². The van der Waals surface area contributed by atoms with Gasteiger partial charge < -0.3 is 10.2 Å². The van der Waals surface area contributed by atoms with Gasteiger partial charge in [-0.25, -0.2) is 4.98 Å². The lowest BCUT2D eigenvalue weighted by molar-refractivity contribution is 0.391. The molecule has 3 aromatic rings. The zero-order valence-electron chi connectivity index (χ0n) is 13.5. The third-order valence-electron chi connectivity index (χ3n) is 4.46. The molecule has 1 aromatic carbocycles. The molecule has 0 bridgehead atoms. The van der Waals surface area contributed by atoms with Crippen LogP contribution in [0, 0.1) is 0 Å². The van der Waals surface area contributed by atoms with Gasteiger partial charge in [-0.3, -0.25) is 14.3 Å². The zero-order chi connectivity index (χ0) is 16.5. The summed E-state index contributed by atoms with van der Waals surface area (Å²) in [4.78, 5) is 24.1. The minimum absolute atomic E-state index is 0.00675. The average molecular weight is 321 g/mol. The highest BCUT2D eigenvalue weighted by Crippen LogP contribution is 2.25. The van der Waals surface area contributed by atoms with Crippen molar-refractivity contribution in [2.45, 2.75) is 12.5 Å². The van der Waals surface area contributed by atoms with Crippen LogP contribution in [-0.4, -0.2) is 39.6 Å². The molecule has 0 unspecified atom stereocenters. The fourth-order valence-corrected chi connectivity index (χ4v) is 3.26. The zero-order valence-corrected chi connectivity index (χ0v) is 13.5. The second-order valence-corrected chi connectivity index (χ2v) is 6.20. The Balaban J connectivity index is 1.88. The van der Waals surface area contributed by atoms with Crippen molar-refractivity contribution in [3.63, 3.8) is 0 Å². The topological polar surface area (TPSA) is 63.1 Å². The second kappa shape index (κ2) is 6.05. The molecule has 4 rings (SSSR count). The number of anilines is 2. The predicted molar refractivity (Wildman–Crippen MR) is 94.7 cm³/mol. The van der Waals surface area contributed by atoms with Crippen LogP contribution in [0.25, 0.3) is 10.9 Å². The molecule has 6 nitrogen and oxygen atoms in total. The highest BCUT2D eigenvalue weighted by molar-refractivity contribution is 5.79. The van der Waals surface area contributed by atoms with Gasteiger partial charge in [0.1, 0.15) is 0 Å². The maximum absolute atomic E-state index is 13.1. The number of likely N-dealkylation sites (tertiary alicyclic amines) is 1. The highest BCUT2D eigenvalue weighted by Gasteiger charge is 2.25. The number of aromatic nitrogens is 3. The Bertz CT molecular complexity index is 922. The van der Waals surface area contributed by atoms with Gasteiger partial charge >= 0.3 is 0 Å². The van der Waals surface area contributed by atoms with E-state index in [1.807, 2.05) is 36.4 Å². The molecular formula is C18H19N5O. The largest absolute Gasteiger partial charge is 0.324 e. The number of likely N-dealkylation sites (N-methyl/N-ethyl adjacent to an activating group) is 1. The van der Waals surface area contributed by atoms with E-state index in [1.165, 1.54) is 0 Å². The summed E-state index contributed by atoms with van der Waals surface area (Å²) >= 11 is 0. The molecule has 1 N–H and O–H groups in total. The molecule has 122 valence electrons. The van der Waals surface area contributed by atoms with Gasteiger partial charge in [0.15, 0.2) is 0 Å². The minimum Gasteiger partial charge on any atom is -0.324 e. The van der Waals surface area contributed by atoms with Crippen molar-refractivity contribution in [1.29, 1.82) is 0 Å². The van der Waals surface area contributed by atoms with Crippen molar-refractivity contribution in [2.24, 2.45) is 0 Å². The number of pyridine rings is 1. The molecule has 2 aromatic heterocycles. The first-order chi connectivity index (χ1) is 11.7. The van der Waals surface area contributed by atoms with Crippen molar-refractivity contribution < 1.29 is 0 Å². The van der Waals surface area contributed by atoms with Gasteiger partial charge in [-0.2, -0.15) is 0 Å². The Morgan fingerprint density at radius 2 is 2.08 bits per heavy atom. The van der Waals surface area contributed by atoms with Crippen LogP contribution in [-0.2, 0) is 0 Å². The van der Waals surface area contributed by atoms with E-state index < -0.39 is 0 Å². The molecule has 0 amide bonds. The molecule has 1 aliphatic rings. The smallest absolute Gasteiger partial charge is 0.263 e. The maximum Gasteiger partial charge on any atom is 0.263 e. The molecule has 1 fully saturated rings. The number of para-hydroxylation sites is 1. The molecule has 0 saturated carbocycles. The molecular weight excluding hydrogens is 302 g/mol. The molecule has 1 atom stereocenters. The van der Waals surface area contributed by atoms with Crippen LogP contribution in [0.5, 0.6) is 0 Å². The minimum atomic E-state index is 0.00675. The first-order valence-electron chi connectivity index (χ1n) is 8.09. The summed E-state index contributed by atoms with van der Waals surface area (Å²) < 4.78 is 1.80. The summed E-state index contributed by atoms with van der Waals surface area (Å²) in [6, 6.07) is 11.4. The monoisotopic (exact) mass is 321 g/mol. The Labute approximate surface area is 139 Å². The van der Waals surface area contributed by atoms with Gasteiger partial charge in [0, 0.05) is 12.7 Å². The van der Waals surface area contributed by atoms with Gasteiger partial charge in [0.2, 0.25) is 5.95 Å². The molecule has 0 radical (unpaired) electrons. The SMILES string of the molecule is CN1CC[C@H](n2c(Nc3cccnc3)nc3ccccc3c2=O)C1. The summed E-state index contributed by atoms with van der Waals surface area (Å²) in [6.07, 6.45) is 4.39. The lowest BCUT2D eigenvalue weighted by Gasteiger charge is -2.20. The Hall–Kier alpha value is -2.73. The van der Waals surface area contributed by atoms with E-state index in [-0.39, 0.29) is 11.6 Å². The van der Waals surface area contributed by atoms with E-state index in [0.29, 0.717) is 16.9 Å². The van der Waals surface area contributed by atoms with Gasteiger partial charge in [0.05, 0.1) is 28.8 Å². The first-order valence-corrected chi connectivity index (χ1v) is 8.09. The molecule has 3 heterocycles. The number of hydrogen-bond acceptors (Lipinski definition) is 5. The van der Waals surface area contributed by atoms with Gasteiger partial charge in [-0.05, 0) is 44.3 Å². The van der Waals surface area contributed by atoms with E-state index in [1.54, 1.807) is 17.0 Å². The van der Waals surface area contributed by atoms with Crippen LogP contribution in [0.3, 0.4) is 0 Å². The number of fused-ring (bicyclic) bond motifs is 1. The van der Waals surface area contributed by atoms with Crippen LogP contribution in [0.4, 0.5) is 11.6 Å². The lowest BCUT2D eigenvalue weighted by Crippen LogP contribution is -2.29. The van der Waals surface area contributed by atoms with Gasteiger partial charge in [-0.1, -0.05) is 12.1 Å². The van der Waals surface area contributed by atoms with Crippen molar-refractivity contribution in [1.82, 2.24) is 19.4 Å². The summed E-state index contributed by atoms with van der Waals surface area (Å²) in [5.41, 5.74) is 1.53. The molecule has 24 heavy (non-hydrogen) atoms. The van der Waals surface area contributed by atoms with E-state index >= 15 is 0 Å². The number of benzene rings is 1. The normalized spacial score (nSPS) is 18.1. The second-order valence-electron chi connectivity index (χ2n) is 6.20. The van der Waals surface area contributed by atoms with Crippen LogP contribution < -0.4 is 10.9 Å². The Morgan fingerprint density at radius 1 is 1.21 bits per heavy atom. The third-order valence-corrected chi connectivity index (χ3v) is 4.46. The molecule has 0 spiro atoms. The van der Waals surface area contributed by atoms with Crippen LogP contribution in [0.2, 0.25) is 0 Å². The predicted octanol–water partition coefficient (Wildman–Crippen LogP) is 2.41. The summed E-state index contributed by atoms with van der Waals surface area (Å²) in [6.45, 7) is 1.83. The third kappa shape index (κ3) is 2.65. The fraction of sp³-hybridized carbons (Fsp3) is 0.278. The van der Waals surface area contributed by atoms with Crippen LogP contribution in [0.1, 0.15) is 12.5 Å². The summed E-state index contributed by atoms with van der Waals surface area (Å²) in [5.74, 6) is 0.576. The highest BCUT2D eigenvalue weighted by atomic mass is 16.1. The average Bonchev–Trinajstić information content (AvgIpc) is 3.02. The molecule has 6 heteroatoms. The maximum atomic E-state index is 13.1. The van der Waals surface area contributed by atoms with E-state index in [9.17, 15) is 4.79 Å². The van der Waals surface area contributed by atoms with Crippen molar-refractivity contribution >= 4 is 22.5 Å². The first kappa shape index (κ1) is 14.8. The summed E-state index contributed by atoms with van der Waals surface area (Å²) in [5, 5.41) is 3.92. The summed E-state index contributed by atoms with van der Waals surface area (Å²) in [7, 11) is 2.08. The number of rotatable bonds is 3.